The molecule has 30 heavy (non-hydrogen) atoms. The number of nitrogens with zero attached hydrogens (tertiary/aromatic N) is 4. The Morgan fingerprint density at radius 3 is 2.70 bits per heavy atom. The number of fused-ring (bicyclic) bond motifs is 2. The Bertz CT molecular complexity index is 1320. The third-order valence-corrected chi connectivity index (χ3v) is 6.32. The molecule has 4 aromatic rings. The summed E-state index contributed by atoms with van der Waals surface area (Å²) in [6, 6.07) is 12.4. The van der Waals surface area contributed by atoms with E-state index in [-0.39, 0.29) is 23.9 Å². The van der Waals surface area contributed by atoms with Crippen molar-refractivity contribution in [2.75, 3.05) is 5.32 Å². The normalized spacial score (nSPS) is 15.8. The number of hydrogen-bond acceptors (Lipinski definition) is 6. The monoisotopic (exact) mass is 419 g/mol. The lowest BCUT2D eigenvalue weighted by molar-refractivity contribution is -0.384. The predicted molar refractivity (Wildman–Crippen MR) is 114 cm³/mol. The van der Waals surface area contributed by atoms with Gasteiger partial charge in [0.05, 0.1) is 20.8 Å². The Kier molecular flexibility index (Phi) is 4.14. The standard InChI is InChI=1S/C21H17N5O3S/c1-11-3-8-16-17(9-11)30-21(22-16)25-20-19(12(2)24-25)15(10-18(27)23-20)13-4-6-14(7-5-13)26(28)29/h3-9,15H,10H2,1-2H3,(H,23,27)/t15-/m0/s1. The summed E-state index contributed by atoms with van der Waals surface area (Å²) in [4.78, 5) is 27.7. The van der Waals surface area contributed by atoms with Gasteiger partial charge in [-0.05, 0) is 37.1 Å². The molecular formula is C21H17N5O3S. The molecule has 150 valence electrons. The second kappa shape index (κ2) is 6.74. The van der Waals surface area contributed by atoms with Crippen LogP contribution in [-0.2, 0) is 4.79 Å². The van der Waals surface area contributed by atoms with Crippen LogP contribution in [0, 0.1) is 24.0 Å². The van der Waals surface area contributed by atoms with Gasteiger partial charge in [0.2, 0.25) is 11.0 Å². The zero-order valence-corrected chi connectivity index (χ0v) is 17.1. The Morgan fingerprint density at radius 2 is 1.97 bits per heavy atom. The summed E-state index contributed by atoms with van der Waals surface area (Å²) < 4.78 is 2.75. The highest BCUT2D eigenvalue weighted by molar-refractivity contribution is 7.20. The molecule has 1 amide bonds. The van der Waals surface area contributed by atoms with E-state index in [1.54, 1.807) is 16.8 Å². The molecule has 5 rings (SSSR count). The van der Waals surface area contributed by atoms with Crippen LogP contribution in [0.3, 0.4) is 0 Å². The van der Waals surface area contributed by atoms with Gasteiger partial charge >= 0.3 is 0 Å². The van der Waals surface area contributed by atoms with Crippen molar-refractivity contribution in [1.82, 2.24) is 14.8 Å². The fourth-order valence-electron chi connectivity index (χ4n) is 3.91. The van der Waals surface area contributed by atoms with Crippen LogP contribution in [0.25, 0.3) is 15.3 Å². The number of non-ortho nitro benzene ring substituents is 1. The third kappa shape index (κ3) is 2.94. The first-order valence-corrected chi connectivity index (χ1v) is 10.2. The van der Waals surface area contributed by atoms with E-state index in [1.807, 2.05) is 26.0 Å². The average Bonchev–Trinajstić information content (AvgIpc) is 3.28. The number of aromatic nitrogens is 3. The highest BCUT2D eigenvalue weighted by Gasteiger charge is 2.33. The molecule has 1 N–H and O–H groups in total. The largest absolute Gasteiger partial charge is 0.310 e. The smallest absolute Gasteiger partial charge is 0.269 e. The number of carbonyl (C=O) groups excluding carboxylic acids is 1. The van der Waals surface area contributed by atoms with Crippen molar-refractivity contribution in [2.45, 2.75) is 26.2 Å². The summed E-state index contributed by atoms with van der Waals surface area (Å²) in [6.45, 7) is 3.94. The van der Waals surface area contributed by atoms with Crippen LogP contribution in [-0.4, -0.2) is 25.6 Å². The van der Waals surface area contributed by atoms with Crippen molar-refractivity contribution in [2.24, 2.45) is 0 Å². The molecule has 3 heterocycles. The first-order valence-electron chi connectivity index (χ1n) is 9.42. The maximum Gasteiger partial charge on any atom is 0.269 e. The highest BCUT2D eigenvalue weighted by atomic mass is 32.1. The maximum atomic E-state index is 12.5. The van der Waals surface area contributed by atoms with Gasteiger partial charge in [0, 0.05) is 30.0 Å². The molecular weight excluding hydrogens is 402 g/mol. The second-order valence-corrected chi connectivity index (χ2v) is 8.39. The minimum atomic E-state index is -0.430. The number of amides is 1. The number of hydrogen-bond donors (Lipinski definition) is 1. The molecule has 0 saturated heterocycles. The summed E-state index contributed by atoms with van der Waals surface area (Å²) in [5.74, 6) is 0.270. The summed E-state index contributed by atoms with van der Waals surface area (Å²) in [6.07, 6.45) is 0.260. The van der Waals surface area contributed by atoms with Crippen molar-refractivity contribution < 1.29 is 9.72 Å². The van der Waals surface area contributed by atoms with E-state index in [4.69, 9.17) is 4.98 Å². The molecule has 0 spiro atoms. The number of carbonyl (C=O) groups is 1. The van der Waals surface area contributed by atoms with Crippen LogP contribution < -0.4 is 5.32 Å². The predicted octanol–water partition coefficient (Wildman–Crippen LogP) is 4.48. The molecule has 2 aromatic carbocycles. The molecule has 0 saturated carbocycles. The molecule has 0 fully saturated rings. The van der Waals surface area contributed by atoms with E-state index in [0.29, 0.717) is 10.9 Å². The van der Waals surface area contributed by atoms with Crippen LogP contribution in [0.4, 0.5) is 11.5 Å². The molecule has 0 aliphatic carbocycles. The molecule has 8 nitrogen and oxygen atoms in total. The lowest BCUT2D eigenvalue weighted by Gasteiger charge is -2.24. The molecule has 1 atom stereocenters. The van der Waals surface area contributed by atoms with Gasteiger partial charge in [0.1, 0.15) is 5.82 Å². The number of benzene rings is 2. The van der Waals surface area contributed by atoms with Gasteiger partial charge in [-0.3, -0.25) is 14.9 Å². The molecule has 2 aromatic heterocycles. The van der Waals surface area contributed by atoms with E-state index >= 15 is 0 Å². The third-order valence-electron chi connectivity index (χ3n) is 5.32. The van der Waals surface area contributed by atoms with E-state index < -0.39 is 4.92 Å². The Labute approximate surface area is 175 Å². The van der Waals surface area contributed by atoms with Gasteiger partial charge < -0.3 is 5.32 Å². The van der Waals surface area contributed by atoms with Crippen LogP contribution >= 0.6 is 11.3 Å². The lowest BCUT2D eigenvalue weighted by Crippen LogP contribution is -2.24. The highest BCUT2D eigenvalue weighted by Crippen LogP contribution is 2.41. The van der Waals surface area contributed by atoms with E-state index in [9.17, 15) is 14.9 Å². The van der Waals surface area contributed by atoms with Crippen LogP contribution in [0.2, 0.25) is 0 Å². The minimum absolute atomic E-state index is 0.0245. The molecule has 9 heteroatoms. The zero-order valence-electron chi connectivity index (χ0n) is 16.2. The van der Waals surface area contributed by atoms with E-state index in [2.05, 4.69) is 16.5 Å². The number of nitrogens with one attached hydrogen (secondary N) is 1. The molecule has 1 aliphatic heterocycles. The number of thiazole rings is 1. The van der Waals surface area contributed by atoms with E-state index in [1.165, 1.54) is 23.5 Å². The topological polar surface area (TPSA) is 103 Å². The molecule has 0 radical (unpaired) electrons. The van der Waals surface area contributed by atoms with Gasteiger partial charge in [-0.15, -0.1) is 0 Å². The fourth-order valence-corrected chi connectivity index (χ4v) is 4.93. The van der Waals surface area contributed by atoms with Crippen molar-refractivity contribution >= 4 is 39.0 Å². The number of nitro groups is 1. The van der Waals surface area contributed by atoms with Gasteiger partial charge in [-0.2, -0.15) is 9.78 Å². The van der Waals surface area contributed by atoms with Crippen molar-refractivity contribution in [3.63, 3.8) is 0 Å². The average molecular weight is 419 g/mol. The van der Waals surface area contributed by atoms with Crippen molar-refractivity contribution in [1.29, 1.82) is 0 Å². The van der Waals surface area contributed by atoms with Gasteiger partial charge in [-0.1, -0.05) is 29.5 Å². The maximum absolute atomic E-state index is 12.5. The second-order valence-electron chi connectivity index (χ2n) is 7.38. The number of nitro benzene ring substituents is 1. The minimum Gasteiger partial charge on any atom is -0.310 e. The van der Waals surface area contributed by atoms with Gasteiger partial charge in [-0.25, -0.2) is 4.98 Å². The first-order chi connectivity index (χ1) is 14.4. The van der Waals surface area contributed by atoms with Gasteiger partial charge in [0.15, 0.2) is 0 Å². The van der Waals surface area contributed by atoms with Crippen molar-refractivity contribution in [3.05, 3.63) is 75.0 Å². The summed E-state index contributed by atoms with van der Waals surface area (Å²) in [5, 5.41) is 19.3. The van der Waals surface area contributed by atoms with Crippen LogP contribution in [0.15, 0.2) is 42.5 Å². The van der Waals surface area contributed by atoms with Crippen LogP contribution in [0.1, 0.15) is 34.7 Å². The molecule has 1 aliphatic rings. The quantitative estimate of drug-likeness (QED) is 0.389. The summed E-state index contributed by atoms with van der Waals surface area (Å²) in [7, 11) is 0. The Balaban J connectivity index is 1.63. The zero-order chi connectivity index (χ0) is 21.0. The number of rotatable bonds is 3. The SMILES string of the molecule is Cc1ccc2nc(-n3nc(C)c4c3NC(=O)C[C@H]4c3ccc([N+](=O)[O-])cc3)sc2c1. The number of anilines is 1. The molecule has 0 unspecified atom stereocenters. The van der Waals surface area contributed by atoms with Crippen LogP contribution in [0.5, 0.6) is 0 Å². The summed E-state index contributed by atoms with van der Waals surface area (Å²) in [5.41, 5.74) is 4.62. The van der Waals surface area contributed by atoms with Crippen molar-refractivity contribution in [3.8, 4) is 5.13 Å². The van der Waals surface area contributed by atoms with Gasteiger partial charge in [0.25, 0.3) is 5.69 Å². The fraction of sp³-hybridized carbons (Fsp3) is 0.190. The summed E-state index contributed by atoms with van der Waals surface area (Å²) >= 11 is 1.52. The van der Waals surface area contributed by atoms with E-state index in [0.717, 1.165) is 32.6 Å². The Morgan fingerprint density at radius 1 is 1.20 bits per heavy atom. The first kappa shape index (κ1) is 18.4. The lowest BCUT2D eigenvalue weighted by atomic mass is 9.86. The number of aryl methyl sites for hydroxylation is 2. The Hall–Kier alpha value is -3.59. The molecule has 0 bridgehead atoms.